The highest BCUT2D eigenvalue weighted by atomic mass is 16.5. The van der Waals surface area contributed by atoms with E-state index in [-0.39, 0.29) is 0 Å². The first-order valence-electron chi connectivity index (χ1n) is 7.64. The molecule has 4 nitrogen and oxygen atoms in total. The Hall–Kier alpha value is -1.81. The molecular formula is C17H24N2O2. The van der Waals surface area contributed by atoms with E-state index < -0.39 is 6.10 Å². The van der Waals surface area contributed by atoms with Crippen molar-refractivity contribution < 1.29 is 9.84 Å². The summed E-state index contributed by atoms with van der Waals surface area (Å²) >= 11 is 0. The molecule has 2 rings (SSSR count). The first-order valence-corrected chi connectivity index (χ1v) is 7.64. The van der Waals surface area contributed by atoms with E-state index in [0.29, 0.717) is 19.4 Å². The van der Waals surface area contributed by atoms with Crippen LogP contribution in [0.3, 0.4) is 0 Å². The molecule has 0 amide bonds. The third-order valence-electron chi connectivity index (χ3n) is 3.48. The lowest BCUT2D eigenvalue weighted by Gasteiger charge is -2.12. The fourth-order valence-electron chi connectivity index (χ4n) is 2.30. The number of aliphatic hydroxyl groups is 1. The van der Waals surface area contributed by atoms with E-state index in [1.165, 1.54) is 0 Å². The maximum atomic E-state index is 10.2. The van der Waals surface area contributed by atoms with Crippen LogP contribution < -0.4 is 4.74 Å². The van der Waals surface area contributed by atoms with Crippen LogP contribution in [0, 0.1) is 0 Å². The quantitative estimate of drug-likeness (QED) is 0.812. The molecule has 1 N–H and O–H groups in total. The topological polar surface area (TPSA) is 47.3 Å². The average Bonchev–Trinajstić information content (AvgIpc) is 2.90. The monoisotopic (exact) mass is 288 g/mol. The lowest BCUT2D eigenvalue weighted by atomic mass is 10.1. The Balaban J connectivity index is 1.81. The van der Waals surface area contributed by atoms with Crippen molar-refractivity contribution in [2.24, 2.45) is 0 Å². The molecule has 0 bridgehead atoms. The summed E-state index contributed by atoms with van der Waals surface area (Å²) in [4.78, 5) is 0. The predicted molar refractivity (Wildman–Crippen MR) is 83.5 cm³/mol. The fourth-order valence-corrected chi connectivity index (χ4v) is 2.30. The predicted octanol–water partition coefficient (Wildman–Crippen LogP) is 2.84. The Bertz CT molecular complexity index is 537. The molecule has 1 heterocycles. The number of benzene rings is 1. The minimum Gasteiger partial charge on any atom is -0.493 e. The van der Waals surface area contributed by atoms with E-state index in [4.69, 9.17) is 4.74 Å². The minimum absolute atomic E-state index is 0.402. The summed E-state index contributed by atoms with van der Waals surface area (Å²) in [5.74, 6) is 0.844. The molecule has 0 aliphatic heterocycles. The number of hydrogen-bond donors (Lipinski definition) is 1. The van der Waals surface area contributed by atoms with E-state index >= 15 is 0 Å². The fraction of sp³-hybridized carbons (Fsp3) is 0.471. The molecule has 0 spiro atoms. The second-order valence-corrected chi connectivity index (χ2v) is 5.10. The molecule has 0 radical (unpaired) electrons. The molecule has 1 unspecified atom stereocenters. The Morgan fingerprint density at radius 3 is 2.67 bits per heavy atom. The normalized spacial score (nSPS) is 12.3. The Morgan fingerprint density at radius 1 is 1.24 bits per heavy atom. The molecule has 2 aromatic rings. The highest BCUT2D eigenvalue weighted by Gasteiger charge is 2.11. The van der Waals surface area contributed by atoms with Gasteiger partial charge in [-0.15, -0.1) is 0 Å². The molecular weight excluding hydrogens is 264 g/mol. The summed E-state index contributed by atoms with van der Waals surface area (Å²) in [6.07, 6.45) is 1.76. The van der Waals surface area contributed by atoms with Gasteiger partial charge in [-0.2, -0.15) is 5.10 Å². The maximum absolute atomic E-state index is 10.2. The van der Waals surface area contributed by atoms with Gasteiger partial charge in [-0.1, -0.05) is 25.1 Å². The van der Waals surface area contributed by atoms with Gasteiger partial charge in [0.1, 0.15) is 5.75 Å². The zero-order valence-corrected chi connectivity index (χ0v) is 12.8. The van der Waals surface area contributed by atoms with Crippen molar-refractivity contribution in [2.45, 2.75) is 45.8 Å². The Labute approximate surface area is 126 Å². The number of aromatic nitrogens is 2. The van der Waals surface area contributed by atoms with Gasteiger partial charge in [-0.05, 0) is 31.5 Å². The third kappa shape index (κ3) is 4.60. The number of nitrogens with zero attached hydrogens (tertiary/aromatic N) is 2. The van der Waals surface area contributed by atoms with Crippen molar-refractivity contribution in [3.8, 4) is 5.75 Å². The highest BCUT2D eigenvalue weighted by molar-refractivity contribution is 5.20. The second-order valence-electron chi connectivity index (χ2n) is 5.10. The molecule has 4 heteroatoms. The number of hydrogen-bond acceptors (Lipinski definition) is 3. The Kier molecular flexibility index (Phi) is 5.81. The van der Waals surface area contributed by atoms with Crippen LogP contribution in [0.1, 0.15) is 31.7 Å². The van der Waals surface area contributed by atoms with Crippen molar-refractivity contribution >= 4 is 0 Å². The number of ether oxygens (including phenoxy) is 1. The summed E-state index contributed by atoms with van der Waals surface area (Å²) in [7, 11) is 0. The molecule has 114 valence electrons. The smallest absolute Gasteiger partial charge is 0.119 e. The van der Waals surface area contributed by atoms with E-state index in [9.17, 15) is 5.11 Å². The molecule has 0 fully saturated rings. The standard InChI is InChI=1S/C17H24N2O2/c1-3-14-12-15(19(4-2)18-14)13-16(20)10-11-21-17-8-6-5-7-9-17/h5-9,12,16,20H,3-4,10-11,13H2,1-2H3. The van der Waals surface area contributed by atoms with E-state index in [0.717, 1.165) is 30.1 Å². The van der Waals surface area contributed by atoms with Crippen LogP contribution in [0.2, 0.25) is 0 Å². The van der Waals surface area contributed by atoms with Crippen LogP contribution in [0.15, 0.2) is 36.4 Å². The van der Waals surface area contributed by atoms with Crippen molar-refractivity contribution in [3.05, 3.63) is 47.8 Å². The summed E-state index contributed by atoms with van der Waals surface area (Å²) in [5.41, 5.74) is 2.18. The minimum atomic E-state index is -0.402. The largest absolute Gasteiger partial charge is 0.493 e. The Morgan fingerprint density at radius 2 is 2.00 bits per heavy atom. The molecule has 1 aromatic carbocycles. The van der Waals surface area contributed by atoms with Gasteiger partial charge in [0.2, 0.25) is 0 Å². The molecule has 0 saturated carbocycles. The second kappa shape index (κ2) is 7.84. The molecule has 21 heavy (non-hydrogen) atoms. The van der Waals surface area contributed by atoms with Crippen molar-refractivity contribution in [1.82, 2.24) is 9.78 Å². The molecule has 1 aromatic heterocycles. The van der Waals surface area contributed by atoms with Crippen LogP contribution in [0.25, 0.3) is 0 Å². The van der Waals surface area contributed by atoms with Gasteiger partial charge >= 0.3 is 0 Å². The van der Waals surface area contributed by atoms with Gasteiger partial charge in [0.15, 0.2) is 0 Å². The van der Waals surface area contributed by atoms with Gasteiger partial charge in [-0.3, -0.25) is 4.68 Å². The highest BCUT2D eigenvalue weighted by Crippen LogP contribution is 2.12. The van der Waals surface area contributed by atoms with Crippen LogP contribution in [0.5, 0.6) is 5.75 Å². The van der Waals surface area contributed by atoms with Crippen LogP contribution in [-0.2, 0) is 19.4 Å². The SMILES string of the molecule is CCc1cc(CC(O)CCOc2ccccc2)n(CC)n1. The van der Waals surface area contributed by atoms with Gasteiger partial charge in [-0.25, -0.2) is 0 Å². The molecule has 1 atom stereocenters. The average molecular weight is 288 g/mol. The van der Waals surface area contributed by atoms with Gasteiger partial charge < -0.3 is 9.84 Å². The van der Waals surface area contributed by atoms with Crippen molar-refractivity contribution in [2.75, 3.05) is 6.61 Å². The van der Waals surface area contributed by atoms with E-state index in [1.807, 2.05) is 35.0 Å². The first-order chi connectivity index (χ1) is 10.2. The van der Waals surface area contributed by atoms with Crippen molar-refractivity contribution in [1.29, 1.82) is 0 Å². The molecule has 0 saturated heterocycles. The third-order valence-corrected chi connectivity index (χ3v) is 3.48. The van der Waals surface area contributed by atoms with Gasteiger partial charge in [0.05, 0.1) is 18.4 Å². The van der Waals surface area contributed by atoms with Crippen LogP contribution in [-0.4, -0.2) is 27.6 Å². The van der Waals surface area contributed by atoms with Gasteiger partial charge in [0.25, 0.3) is 0 Å². The number of aliphatic hydroxyl groups excluding tert-OH is 1. The molecule has 0 aliphatic carbocycles. The zero-order chi connectivity index (χ0) is 15.1. The number of rotatable bonds is 8. The van der Waals surface area contributed by atoms with Crippen molar-refractivity contribution in [3.63, 3.8) is 0 Å². The first kappa shape index (κ1) is 15.6. The number of para-hydroxylation sites is 1. The summed E-state index contributed by atoms with van der Waals surface area (Å²) in [6.45, 7) is 5.52. The molecule has 0 aliphatic rings. The lowest BCUT2D eigenvalue weighted by molar-refractivity contribution is 0.137. The lowest BCUT2D eigenvalue weighted by Crippen LogP contribution is -2.17. The number of aryl methyl sites for hydroxylation is 2. The summed E-state index contributed by atoms with van der Waals surface area (Å²) in [5, 5.41) is 14.7. The summed E-state index contributed by atoms with van der Waals surface area (Å²) in [6, 6.07) is 11.8. The summed E-state index contributed by atoms with van der Waals surface area (Å²) < 4.78 is 7.59. The van der Waals surface area contributed by atoms with E-state index in [2.05, 4.69) is 25.0 Å². The van der Waals surface area contributed by atoms with Gasteiger partial charge in [0, 0.05) is 25.1 Å². The van der Waals surface area contributed by atoms with Crippen LogP contribution in [0.4, 0.5) is 0 Å². The van der Waals surface area contributed by atoms with E-state index in [1.54, 1.807) is 0 Å². The zero-order valence-electron chi connectivity index (χ0n) is 12.8. The van der Waals surface area contributed by atoms with Crippen LogP contribution >= 0.6 is 0 Å². The maximum Gasteiger partial charge on any atom is 0.119 e.